The molecule has 0 aliphatic rings. The minimum atomic E-state index is -4.04. The molecular formula is C27H49F2N2O8P. The zero-order valence-corrected chi connectivity index (χ0v) is 24.8. The van der Waals surface area contributed by atoms with Crippen molar-refractivity contribution in [2.75, 3.05) is 32.8 Å². The van der Waals surface area contributed by atoms with Crippen LogP contribution in [0.3, 0.4) is 0 Å². The molecule has 0 saturated carbocycles. The molecule has 0 fully saturated rings. The number of aromatic amines is 1. The van der Waals surface area contributed by atoms with E-state index in [0.29, 0.717) is 26.1 Å². The Hall–Kier alpha value is -1.43. The minimum Gasteiger partial charge on any atom is -0.394 e. The van der Waals surface area contributed by atoms with Crippen molar-refractivity contribution < 1.29 is 37.3 Å². The Balaban J connectivity index is 1.93. The van der Waals surface area contributed by atoms with Gasteiger partial charge in [0, 0.05) is 31.9 Å². The summed E-state index contributed by atoms with van der Waals surface area (Å²) in [6.45, 7) is 1.46. The Labute approximate surface area is 236 Å². The summed E-state index contributed by atoms with van der Waals surface area (Å²) in [5.41, 5.74) is -1.22. The fourth-order valence-electron chi connectivity index (χ4n) is 4.08. The quantitative estimate of drug-likeness (QED) is 0.0976. The molecule has 0 bridgehead atoms. The van der Waals surface area contributed by atoms with Crippen LogP contribution in [0.4, 0.5) is 8.78 Å². The van der Waals surface area contributed by atoms with Gasteiger partial charge in [0.15, 0.2) is 0 Å². The lowest BCUT2D eigenvalue weighted by Crippen LogP contribution is -2.34. The summed E-state index contributed by atoms with van der Waals surface area (Å²) < 4.78 is 54.6. The van der Waals surface area contributed by atoms with Gasteiger partial charge in [-0.1, -0.05) is 64.2 Å². The van der Waals surface area contributed by atoms with Crippen LogP contribution in [0, 0.1) is 0 Å². The van der Waals surface area contributed by atoms with E-state index in [1.54, 1.807) is 0 Å². The maximum absolute atomic E-state index is 12.7. The fourth-order valence-corrected chi connectivity index (χ4v) is 4.97. The zero-order chi connectivity index (χ0) is 29.7. The summed E-state index contributed by atoms with van der Waals surface area (Å²) >= 11 is 0. The second-order valence-electron chi connectivity index (χ2n) is 10.4. The normalized spacial score (nSPS) is 14.3. The highest BCUT2D eigenvalue weighted by Gasteiger charge is 2.23. The van der Waals surface area contributed by atoms with E-state index in [4.69, 9.17) is 14.0 Å². The number of rotatable bonds is 26. The van der Waals surface area contributed by atoms with E-state index in [9.17, 15) is 32.9 Å². The first-order chi connectivity index (χ1) is 19.0. The molecule has 3 N–H and O–H groups in total. The Morgan fingerprint density at radius 1 is 0.925 bits per heavy atom. The number of hydrogen-bond donors (Lipinski definition) is 3. The number of hydrogen-bond acceptors (Lipinski definition) is 7. The van der Waals surface area contributed by atoms with Crippen LogP contribution in [0.15, 0.2) is 21.9 Å². The largest absolute Gasteiger partial charge is 0.394 e. The number of alkyl halides is 2. The molecule has 10 nitrogen and oxygen atoms in total. The topological polar surface area (TPSA) is 140 Å². The number of nitrogens with one attached hydrogen (secondary N) is 1. The summed E-state index contributed by atoms with van der Waals surface area (Å²) in [7, 11) is -4.04. The Morgan fingerprint density at radius 3 is 2.02 bits per heavy atom. The Morgan fingerprint density at radius 2 is 1.48 bits per heavy atom. The smallest absolute Gasteiger partial charge is 0.353 e. The van der Waals surface area contributed by atoms with E-state index >= 15 is 0 Å². The molecular weight excluding hydrogens is 549 g/mol. The molecule has 0 spiro atoms. The average molecular weight is 599 g/mol. The lowest BCUT2D eigenvalue weighted by Gasteiger charge is -2.19. The van der Waals surface area contributed by atoms with E-state index in [1.807, 2.05) is 0 Å². The third kappa shape index (κ3) is 20.4. The highest BCUT2D eigenvalue weighted by molar-refractivity contribution is 7.52. The van der Waals surface area contributed by atoms with Gasteiger partial charge in [0.1, 0.15) is 6.35 Å². The van der Waals surface area contributed by atoms with E-state index in [-0.39, 0.29) is 19.6 Å². The number of unbranched alkanes of at least 4 members (excludes halogenated alkanes) is 11. The van der Waals surface area contributed by atoms with Crippen molar-refractivity contribution in [3.8, 4) is 0 Å². The number of aliphatic hydroxyl groups is 1. The number of aliphatic hydroxyl groups excluding tert-OH is 1. The summed E-state index contributed by atoms with van der Waals surface area (Å²) in [6.07, 6.45) is 13.1. The predicted molar refractivity (Wildman–Crippen MR) is 150 cm³/mol. The van der Waals surface area contributed by atoms with Crippen molar-refractivity contribution in [2.24, 2.45) is 0 Å². The van der Waals surface area contributed by atoms with Gasteiger partial charge in [-0.05, 0) is 26.2 Å². The van der Waals surface area contributed by atoms with Crippen LogP contribution in [0.1, 0.15) is 96.8 Å². The van der Waals surface area contributed by atoms with Crippen molar-refractivity contribution in [1.82, 2.24) is 9.55 Å². The molecule has 1 aromatic heterocycles. The summed E-state index contributed by atoms with van der Waals surface area (Å²) in [5, 5.41) is 9.43. The zero-order valence-electron chi connectivity index (χ0n) is 23.9. The third-order valence-corrected chi connectivity index (χ3v) is 7.42. The predicted octanol–water partition coefficient (Wildman–Crippen LogP) is 5.21. The highest BCUT2D eigenvalue weighted by Crippen LogP contribution is 2.42. The second kappa shape index (κ2) is 21.3. The molecule has 0 aromatic carbocycles. The molecule has 2 unspecified atom stereocenters. The first-order valence-electron chi connectivity index (χ1n) is 14.5. The summed E-state index contributed by atoms with van der Waals surface area (Å²) in [6, 6.07) is 1.15. The monoisotopic (exact) mass is 598 g/mol. The number of halogens is 2. The number of ether oxygens (including phenoxy) is 2. The van der Waals surface area contributed by atoms with Crippen LogP contribution in [-0.4, -0.2) is 64.4 Å². The van der Waals surface area contributed by atoms with Crippen molar-refractivity contribution in [2.45, 2.75) is 115 Å². The third-order valence-electron chi connectivity index (χ3n) is 6.35. The highest BCUT2D eigenvalue weighted by atomic mass is 31.2. The maximum atomic E-state index is 12.7. The van der Waals surface area contributed by atoms with E-state index in [1.165, 1.54) is 38.3 Å². The van der Waals surface area contributed by atoms with Gasteiger partial charge in [-0.2, -0.15) is 0 Å². The van der Waals surface area contributed by atoms with Gasteiger partial charge in [-0.15, -0.1) is 0 Å². The summed E-state index contributed by atoms with van der Waals surface area (Å²) in [4.78, 5) is 34.8. The average Bonchev–Trinajstić information content (AvgIpc) is 2.88. The van der Waals surface area contributed by atoms with Gasteiger partial charge >= 0.3 is 13.3 Å². The van der Waals surface area contributed by atoms with E-state index in [0.717, 1.165) is 56.1 Å². The van der Waals surface area contributed by atoms with Gasteiger partial charge in [0.2, 0.25) is 5.92 Å². The Bertz CT molecular complexity index is 938. The molecule has 1 aromatic rings. The number of aromatic nitrogens is 2. The lowest BCUT2D eigenvalue weighted by molar-refractivity contribution is 0.0103. The van der Waals surface area contributed by atoms with E-state index < -0.39 is 43.8 Å². The van der Waals surface area contributed by atoms with Crippen LogP contribution in [0.5, 0.6) is 0 Å². The molecule has 0 amide bonds. The van der Waals surface area contributed by atoms with Crippen LogP contribution in [-0.2, 0) is 25.1 Å². The van der Waals surface area contributed by atoms with Crippen LogP contribution < -0.4 is 11.2 Å². The minimum absolute atomic E-state index is 0.00203. The Kier molecular flexibility index (Phi) is 19.5. The van der Waals surface area contributed by atoms with Crippen LogP contribution in [0.2, 0.25) is 0 Å². The van der Waals surface area contributed by atoms with Crippen molar-refractivity contribution in [1.29, 1.82) is 0 Å². The molecule has 0 saturated heterocycles. The molecule has 13 heteroatoms. The first kappa shape index (κ1) is 36.6. The van der Waals surface area contributed by atoms with E-state index in [2.05, 4.69) is 4.98 Å². The van der Waals surface area contributed by atoms with Crippen LogP contribution >= 0.6 is 7.60 Å². The SMILES string of the molecule is CC(F)(F)CCCCCCCCCCCCCCOCCCOP(=O)(O)COC(CO)Cn1ccc(=O)[nH]c1=O. The van der Waals surface area contributed by atoms with Crippen molar-refractivity contribution in [3.05, 3.63) is 33.1 Å². The number of nitrogens with zero attached hydrogens (tertiary/aromatic N) is 1. The molecule has 0 radical (unpaired) electrons. The molecule has 2 atom stereocenters. The van der Waals surface area contributed by atoms with Gasteiger partial charge in [0.25, 0.3) is 5.56 Å². The molecule has 1 rings (SSSR count). The van der Waals surface area contributed by atoms with Gasteiger partial charge in [0.05, 0.1) is 25.9 Å². The number of H-pyrrole nitrogens is 1. The molecule has 0 aliphatic carbocycles. The fraction of sp³-hybridized carbons (Fsp3) is 0.852. The molecule has 0 aliphatic heterocycles. The molecule has 40 heavy (non-hydrogen) atoms. The molecule has 1 heterocycles. The first-order valence-corrected chi connectivity index (χ1v) is 16.2. The second-order valence-corrected chi connectivity index (χ2v) is 12.2. The summed E-state index contributed by atoms with van der Waals surface area (Å²) in [5.74, 6) is -2.53. The van der Waals surface area contributed by atoms with Gasteiger partial charge in [-0.3, -0.25) is 18.9 Å². The van der Waals surface area contributed by atoms with Gasteiger partial charge < -0.3 is 24.0 Å². The molecule has 234 valence electrons. The van der Waals surface area contributed by atoms with Crippen LogP contribution in [0.25, 0.3) is 0 Å². The van der Waals surface area contributed by atoms with Gasteiger partial charge in [-0.25, -0.2) is 13.6 Å². The maximum Gasteiger partial charge on any atom is 0.353 e. The van der Waals surface area contributed by atoms with Crippen molar-refractivity contribution in [3.63, 3.8) is 0 Å². The van der Waals surface area contributed by atoms with Crippen molar-refractivity contribution >= 4 is 7.60 Å². The standard InChI is InChI=1S/C27H49F2N2O8P/c1-27(28,29)16-12-10-8-6-4-2-3-5-7-9-11-13-18-37-19-14-20-39-40(35,36)23-38-24(22-32)21-31-17-15-25(33)30-26(31)34/h15,17,24,32H,2-14,16,18-23H2,1H3,(H,35,36)(H,30,33,34). The lowest BCUT2D eigenvalue weighted by atomic mass is 10.0.